The summed E-state index contributed by atoms with van der Waals surface area (Å²) >= 11 is 0. The van der Waals surface area contributed by atoms with Crippen molar-refractivity contribution >= 4 is 34.1 Å². The van der Waals surface area contributed by atoms with E-state index in [-0.39, 0.29) is 17.5 Å². The first-order chi connectivity index (χ1) is 15.1. The fraction of sp³-hybridized carbons (Fsp3) is 0.333. The van der Waals surface area contributed by atoms with Crippen molar-refractivity contribution in [3.05, 3.63) is 60.7 Å². The Labute approximate surface area is 181 Å². The highest BCUT2D eigenvalue weighted by Crippen LogP contribution is 2.19. The molecular weight excluding hydrogens is 392 g/mol. The number of ketones is 1. The number of benzene rings is 2. The van der Waals surface area contributed by atoms with Crippen LogP contribution in [-0.2, 0) is 9.59 Å². The highest BCUT2D eigenvalue weighted by Gasteiger charge is 2.22. The fourth-order valence-corrected chi connectivity index (χ4v) is 3.41. The summed E-state index contributed by atoms with van der Waals surface area (Å²) in [6, 6.07) is 12.9. The van der Waals surface area contributed by atoms with Crippen molar-refractivity contribution in [2.75, 3.05) is 5.32 Å². The van der Waals surface area contributed by atoms with Gasteiger partial charge in [0.05, 0.1) is 0 Å². The van der Waals surface area contributed by atoms with Crippen LogP contribution in [0.1, 0.15) is 56.1 Å². The van der Waals surface area contributed by atoms with Gasteiger partial charge in [0.1, 0.15) is 11.8 Å². The van der Waals surface area contributed by atoms with Crippen molar-refractivity contribution in [3.8, 4) is 0 Å². The first kappa shape index (κ1) is 22.2. The van der Waals surface area contributed by atoms with Crippen molar-refractivity contribution in [2.24, 2.45) is 0 Å². The molecule has 0 spiro atoms. The lowest BCUT2D eigenvalue weighted by molar-refractivity contribution is -0.119. The van der Waals surface area contributed by atoms with E-state index < -0.39 is 11.9 Å². The van der Waals surface area contributed by atoms with E-state index in [0.29, 0.717) is 24.9 Å². The van der Waals surface area contributed by atoms with E-state index >= 15 is 0 Å². The van der Waals surface area contributed by atoms with Gasteiger partial charge in [0, 0.05) is 30.9 Å². The largest absolute Gasteiger partial charge is 0.341 e. The number of imidazole rings is 1. The van der Waals surface area contributed by atoms with Gasteiger partial charge < -0.3 is 15.6 Å². The van der Waals surface area contributed by atoms with Crippen LogP contribution < -0.4 is 10.6 Å². The normalized spacial score (nSPS) is 11.8. The monoisotopic (exact) mass is 420 g/mol. The highest BCUT2D eigenvalue weighted by molar-refractivity contribution is 6.01. The Kier molecular flexibility index (Phi) is 7.92. The lowest BCUT2D eigenvalue weighted by atomic mass is 10.0. The smallest absolute Gasteiger partial charge is 0.287 e. The Hall–Kier alpha value is -3.48. The molecule has 3 rings (SSSR count). The predicted molar refractivity (Wildman–Crippen MR) is 121 cm³/mol. The maximum atomic E-state index is 13.0. The van der Waals surface area contributed by atoms with Crippen molar-refractivity contribution in [1.82, 2.24) is 15.3 Å². The maximum Gasteiger partial charge on any atom is 0.287 e. The lowest BCUT2D eigenvalue weighted by Gasteiger charge is -2.18. The first-order valence-corrected chi connectivity index (χ1v) is 10.7. The van der Waals surface area contributed by atoms with Gasteiger partial charge in [-0.25, -0.2) is 4.98 Å². The van der Waals surface area contributed by atoms with E-state index in [1.54, 1.807) is 6.20 Å². The molecule has 7 heteroatoms. The van der Waals surface area contributed by atoms with Crippen LogP contribution in [-0.4, -0.2) is 33.6 Å². The van der Waals surface area contributed by atoms with Crippen LogP contribution >= 0.6 is 0 Å². The molecule has 0 saturated carbocycles. The third-order valence-corrected chi connectivity index (χ3v) is 5.19. The minimum Gasteiger partial charge on any atom is -0.341 e. The van der Waals surface area contributed by atoms with Crippen LogP contribution in [0.3, 0.4) is 0 Å². The van der Waals surface area contributed by atoms with Crippen molar-refractivity contribution in [2.45, 2.75) is 51.5 Å². The number of anilines is 1. The first-order valence-electron chi connectivity index (χ1n) is 10.7. The SMILES string of the molecule is CCC(=O)CCCCC[C@H](NC(=O)c1ncc[nH]1)C(=O)Nc1ccc2ccccc2c1. The topological polar surface area (TPSA) is 104 Å². The Bertz CT molecular complexity index is 1030. The summed E-state index contributed by atoms with van der Waals surface area (Å²) in [5.41, 5.74) is 0.675. The van der Waals surface area contributed by atoms with Crippen LogP contribution in [0.5, 0.6) is 0 Å². The molecule has 31 heavy (non-hydrogen) atoms. The summed E-state index contributed by atoms with van der Waals surface area (Å²) in [5, 5.41) is 7.80. The number of nitrogens with zero attached hydrogens (tertiary/aromatic N) is 1. The minimum absolute atomic E-state index is 0.164. The molecule has 0 aliphatic heterocycles. The molecule has 0 fully saturated rings. The van der Waals surface area contributed by atoms with Gasteiger partial charge in [0.2, 0.25) is 5.91 Å². The fourth-order valence-electron chi connectivity index (χ4n) is 3.41. The van der Waals surface area contributed by atoms with E-state index in [2.05, 4.69) is 20.6 Å². The summed E-state index contributed by atoms with van der Waals surface area (Å²) in [4.78, 5) is 43.6. The molecule has 0 aliphatic rings. The molecule has 1 aromatic heterocycles. The summed E-state index contributed by atoms with van der Waals surface area (Å²) in [6.45, 7) is 1.86. The number of Topliss-reactive ketones (excluding diaryl/α,β-unsaturated/α-hetero) is 1. The number of hydrogen-bond donors (Lipinski definition) is 3. The maximum absolute atomic E-state index is 13.0. The number of fused-ring (bicyclic) bond motifs is 1. The second-order valence-corrected chi connectivity index (χ2v) is 7.51. The zero-order valence-corrected chi connectivity index (χ0v) is 17.7. The number of rotatable bonds is 11. The number of carbonyl (C=O) groups excluding carboxylic acids is 3. The summed E-state index contributed by atoms with van der Waals surface area (Å²) < 4.78 is 0. The van der Waals surface area contributed by atoms with Crippen molar-refractivity contribution in [1.29, 1.82) is 0 Å². The predicted octanol–water partition coefficient (Wildman–Crippen LogP) is 4.23. The van der Waals surface area contributed by atoms with Crippen LogP contribution in [0.15, 0.2) is 54.9 Å². The van der Waals surface area contributed by atoms with Crippen LogP contribution in [0.4, 0.5) is 5.69 Å². The van der Waals surface area contributed by atoms with Crippen LogP contribution in [0.25, 0.3) is 10.8 Å². The molecule has 7 nitrogen and oxygen atoms in total. The van der Waals surface area contributed by atoms with Gasteiger partial charge in [-0.05, 0) is 35.7 Å². The molecule has 162 valence electrons. The number of aromatic amines is 1. The van der Waals surface area contributed by atoms with Gasteiger partial charge in [0.15, 0.2) is 5.82 Å². The number of unbranched alkanes of at least 4 members (excludes halogenated alkanes) is 2. The number of aromatic nitrogens is 2. The lowest BCUT2D eigenvalue weighted by Crippen LogP contribution is -2.44. The van der Waals surface area contributed by atoms with E-state index in [1.807, 2.05) is 49.4 Å². The molecule has 0 radical (unpaired) electrons. The number of amides is 2. The number of hydrogen-bond acceptors (Lipinski definition) is 4. The molecule has 3 aromatic rings. The van der Waals surface area contributed by atoms with E-state index in [9.17, 15) is 14.4 Å². The molecule has 2 amide bonds. The molecule has 1 heterocycles. The van der Waals surface area contributed by atoms with Gasteiger partial charge in [-0.2, -0.15) is 0 Å². The van der Waals surface area contributed by atoms with E-state index in [0.717, 1.165) is 30.0 Å². The van der Waals surface area contributed by atoms with Gasteiger partial charge >= 0.3 is 0 Å². The van der Waals surface area contributed by atoms with Gasteiger partial charge in [0.25, 0.3) is 5.91 Å². The van der Waals surface area contributed by atoms with Gasteiger partial charge in [-0.1, -0.05) is 50.1 Å². The zero-order chi connectivity index (χ0) is 22.1. The highest BCUT2D eigenvalue weighted by atomic mass is 16.2. The molecule has 0 bridgehead atoms. The van der Waals surface area contributed by atoms with Crippen molar-refractivity contribution in [3.63, 3.8) is 0 Å². The average molecular weight is 421 g/mol. The standard InChI is InChI=1S/C24H28N4O3/c1-2-20(29)10-4-3-5-11-21(28-24(31)22-25-14-15-26-22)23(30)27-19-13-12-17-8-6-7-9-18(17)16-19/h6-9,12-16,21H,2-5,10-11H2,1H3,(H,25,26)(H,27,30)(H,28,31)/t21-/m0/s1. The average Bonchev–Trinajstić information content (AvgIpc) is 3.32. The van der Waals surface area contributed by atoms with Crippen molar-refractivity contribution < 1.29 is 14.4 Å². The van der Waals surface area contributed by atoms with E-state index in [4.69, 9.17) is 0 Å². The molecule has 2 aromatic carbocycles. The van der Waals surface area contributed by atoms with Crippen LogP contribution in [0.2, 0.25) is 0 Å². The minimum atomic E-state index is -0.703. The number of carbonyl (C=O) groups is 3. The Morgan fingerprint density at radius 1 is 1.03 bits per heavy atom. The summed E-state index contributed by atoms with van der Waals surface area (Å²) in [7, 11) is 0. The quantitative estimate of drug-likeness (QED) is 0.404. The molecule has 0 unspecified atom stereocenters. The number of nitrogens with one attached hydrogen (secondary N) is 3. The van der Waals surface area contributed by atoms with Crippen LogP contribution in [0, 0.1) is 0 Å². The second-order valence-electron chi connectivity index (χ2n) is 7.51. The number of H-pyrrole nitrogens is 1. The van der Waals surface area contributed by atoms with Gasteiger partial charge in [-0.15, -0.1) is 0 Å². The second kappa shape index (κ2) is 11.1. The summed E-state index contributed by atoms with van der Waals surface area (Å²) in [5.74, 6) is -0.293. The zero-order valence-electron chi connectivity index (χ0n) is 17.7. The van der Waals surface area contributed by atoms with E-state index in [1.165, 1.54) is 6.20 Å². The third kappa shape index (κ3) is 6.50. The molecule has 0 saturated heterocycles. The molecule has 3 N–H and O–H groups in total. The molecule has 1 atom stereocenters. The Morgan fingerprint density at radius 2 is 1.84 bits per heavy atom. The summed E-state index contributed by atoms with van der Waals surface area (Å²) in [6.07, 6.45) is 6.98. The Morgan fingerprint density at radius 3 is 2.58 bits per heavy atom. The van der Waals surface area contributed by atoms with Gasteiger partial charge in [-0.3, -0.25) is 14.4 Å². The Balaban J connectivity index is 1.63. The molecular formula is C24H28N4O3. The third-order valence-electron chi connectivity index (χ3n) is 5.19. The molecule has 0 aliphatic carbocycles.